The van der Waals surface area contributed by atoms with Crippen LogP contribution in [0.2, 0.25) is 0 Å². The van der Waals surface area contributed by atoms with Gasteiger partial charge in [-0.15, -0.1) is 0 Å². The second-order valence-corrected chi connectivity index (χ2v) is 6.12. The summed E-state index contributed by atoms with van der Waals surface area (Å²) >= 11 is 0. The van der Waals surface area contributed by atoms with Gasteiger partial charge >= 0.3 is 0 Å². The second-order valence-electron chi connectivity index (χ2n) is 4.04. The number of nitrogen functional groups attached to an aromatic ring is 1. The minimum absolute atomic E-state index is 0.154. The lowest BCUT2D eigenvalue weighted by Gasteiger charge is -2.08. The van der Waals surface area contributed by atoms with Gasteiger partial charge in [0.15, 0.2) is 9.84 Å². The van der Waals surface area contributed by atoms with Crippen LogP contribution in [0.4, 0.5) is 5.69 Å². The molecule has 0 spiro atoms. The van der Waals surface area contributed by atoms with Crippen LogP contribution >= 0.6 is 0 Å². The van der Waals surface area contributed by atoms with Crippen LogP contribution in [0.3, 0.4) is 0 Å². The lowest BCUT2D eigenvalue weighted by Crippen LogP contribution is -2.09. The van der Waals surface area contributed by atoms with Gasteiger partial charge in [0, 0.05) is 19.4 Å². The van der Waals surface area contributed by atoms with Crippen molar-refractivity contribution in [1.29, 1.82) is 0 Å². The molecule has 0 saturated carbocycles. The molecule has 4 nitrogen and oxygen atoms in total. The number of sulfone groups is 1. The third-order valence-corrected chi connectivity index (χ3v) is 4.50. The normalized spacial score (nSPS) is 11.6. The van der Waals surface area contributed by atoms with Gasteiger partial charge in [0.05, 0.1) is 10.6 Å². The first kappa shape index (κ1) is 14.0. The summed E-state index contributed by atoms with van der Waals surface area (Å²) in [5.41, 5.74) is 6.89. The largest absolute Gasteiger partial charge is 0.399 e. The summed E-state index contributed by atoms with van der Waals surface area (Å²) in [6, 6.07) is 4.88. The average Bonchev–Trinajstić information content (AvgIpc) is 2.24. The molecule has 1 aromatic carbocycles. The quantitative estimate of drug-likeness (QED) is 0.623. The molecule has 0 unspecified atom stereocenters. The fraction of sp³-hybridized carbons (Fsp3) is 0.500. The summed E-state index contributed by atoms with van der Waals surface area (Å²) in [4.78, 5) is 0.379. The second kappa shape index (κ2) is 6.02. The van der Waals surface area contributed by atoms with Crippen LogP contribution in [0.5, 0.6) is 0 Å². The number of unbranched alkanes of at least 4 members (excludes halogenated alkanes) is 1. The minimum atomic E-state index is -3.20. The van der Waals surface area contributed by atoms with E-state index in [-0.39, 0.29) is 5.75 Å². The van der Waals surface area contributed by atoms with E-state index in [0.717, 1.165) is 6.42 Å². The van der Waals surface area contributed by atoms with Gasteiger partial charge in [-0.1, -0.05) is 0 Å². The molecule has 1 aromatic rings. The van der Waals surface area contributed by atoms with Gasteiger partial charge in [0.25, 0.3) is 0 Å². The molecular formula is C12H19NO3S. The molecule has 0 radical (unpaired) electrons. The molecule has 0 amide bonds. The molecule has 2 N–H and O–H groups in total. The predicted octanol–water partition coefficient (Wildman–Crippen LogP) is 1.78. The standard InChI is InChI=1S/C12H19NO3S/c1-10-9-11(13)5-6-12(10)17(14,15)8-4-3-7-16-2/h5-6,9H,3-4,7-8,13H2,1-2H3. The Morgan fingerprint density at radius 1 is 1.29 bits per heavy atom. The molecule has 0 fully saturated rings. The summed E-state index contributed by atoms with van der Waals surface area (Å²) in [7, 11) is -1.59. The first-order valence-corrected chi connectivity index (χ1v) is 7.20. The van der Waals surface area contributed by atoms with Crippen LogP contribution in [-0.4, -0.2) is 27.9 Å². The maximum atomic E-state index is 12.0. The number of hydrogen-bond acceptors (Lipinski definition) is 4. The topological polar surface area (TPSA) is 69.4 Å². The highest BCUT2D eigenvalue weighted by Crippen LogP contribution is 2.20. The number of benzene rings is 1. The van der Waals surface area contributed by atoms with E-state index >= 15 is 0 Å². The van der Waals surface area contributed by atoms with Crippen LogP contribution < -0.4 is 5.73 Å². The number of ether oxygens (including phenoxy) is 1. The summed E-state index contributed by atoms with van der Waals surface area (Å²) in [6.45, 7) is 2.36. The van der Waals surface area contributed by atoms with Crippen molar-refractivity contribution < 1.29 is 13.2 Å². The Kier molecular flexibility index (Phi) is 4.96. The first-order valence-electron chi connectivity index (χ1n) is 5.55. The van der Waals surface area contributed by atoms with E-state index in [4.69, 9.17) is 10.5 Å². The first-order chi connectivity index (χ1) is 7.97. The van der Waals surface area contributed by atoms with Crippen molar-refractivity contribution in [2.45, 2.75) is 24.7 Å². The van der Waals surface area contributed by atoms with Crippen molar-refractivity contribution in [1.82, 2.24) is 0 Å². The van der Waals surface area contributed by atoms with E-state index in [2.05, 4.69) is 0 Å². The molecular weight excluding hydrogens is 238 g/mol. The average molecular weight is 257 g/mol. The van der Waals surface area contributed by atoms with Crippen LogP contribution in [0.25, 0.3) is 0 Å². The van der Waals surface area contributed by atoms with Crippen molar-refractivity contribution in [3.8, 4) is 0 Å². The maximum absolute atomic E-state index is 12.0. The summed E-state index contributed by atoms with van der Waals surface area (Å²) in [5.74, 6) is 0.154. The van der Waals surface area contributed by atoms with Crippen LogP contribution in [0, 0.1) is 6.92 Å². The Hall–Kier alpha value is -1.07. The maximum Gasteiger partial charge on any atom is 0.178 e. The zero-order valence-electron chi connectivity index (χ0n) is 10.3. The van der Waals surface area contributed by atoms with E-state index in [0.29, 0.717) is 29.2 Å². The highest BCUT2D eigenvalue weighted by molar-refractivity contribution is 7.91. The number of hydrogen-bond donors (Lipinski definition) is 1. The highest BCUT2D eigenvalue weighted by atomic mass is 32.2. The zero-order chi connectivity index (χ0) is 12.9. The molecule has 0 aliphatic heterocycles. The van der Waals surface area contributed by atoms with E-state index in [1.54, 1.807) is 32.2 Å². The fourth-order valence-corrected chi connectivity index (χ4v) is 3.30. The van der Waals surface area contributed by atoms with Gasteiger partial charge in [0.1, 0.15) is 0 Å². The highest BCUT2D eigenvalue weighted by Gasteiger charge is 2.16. The number of rotatable bonds is 6. The van der Waals surface area contributed by atoms with Gasteiger partial charge in [0.2, 0.25) is 0 Å². The van der Waals surface area contributed by atoms with Gasteiger partial charge in [-0.05, 0) is 43.5 Å². The summed E-state index contributed by atoms with van der Waals surface area (Å²) < 4.78 is 29.0. The number of aryl methyl sites for hydroxylation is 1. The van der Waals surface area contributed by atoms with E-state index in [1.807, 2.05) is 0 Å². The molecule has 17 heavy (non-hydrogen) atoms. The third-order valence-electron chi connectivity index (χ3n) is 2.55. The lowest BCUT2D eigenvalue weighted by molar-refractivity contribution is 0.194. The van der Waals surface area contributed by atoms with Crippen LogP contribution in [0.1, 0.15) is 18.4 Å². The number of methoxy groups -OCH3 is 1. The molecule has 96 valence electrons. The third kappa shape index (κ3) is 4.02. The minimum Gasteiger partial charge on any atom is -0.399 e. The molecule has 0 aliphatic carbocycles. The van der Waals surface area contributed by atoms with Crippen molar-refractivity contribution in [3.05, 3.63) is 23.8 Å². The molecule has 0 aliphatic rings. The van der Waals surface area contributed by atoms with E-state index in [9.17, 15) is 8.42 Å². The van der Waals surface area contributed by atoms with Crippen LogP contribution in [0.15, 0.2) is 23.1 Å². The Balaban J connectivity index is 2.76. The molecule has 0 saturated heterocycles. The van der Waals surface area contributed by atoms with Crippen molar-refractivity contribution in [3.63, 3.8) is 0 Å². The SMILES string of the molecule is COCCCCS(=O)(=O)c1ccc(N)cc1C. The fourth-order valence-electron chi connectivity index (χ4n) is 1.67. The Bertz CT molecular complexity index is 469. The smallest absolute Gasteiger partial charge is 0.178 e. The zero-order valence-corrected chi connectivity index (χ0v) is 11.1. The Morgan fingerprint density at radius 3 is 2.59 bits per heavy atom. The van der Waals surface area contributed by atoms with Gasteiger partial charge in [-0.25, -0.2) is 8.42 Å². The van der Waals surface area contributed by atoms with E-state index < -0.39 is 9.84 Å². The molecule has 0 heterocycles. The molecule has 5 heteroatoms. The molecule has 1 rings (SSSR count). The van der Waals surface area contributed by atoms with Gasteiger partial charge < -0.3 is 10.5 Å². The van der Waals surface area contributed by atoms with Gasteiger partial charge in [-0.2, -0.15) is 0 Å². The van der Waals surface area contributed by atoms with Crippen molar-refractivity contribution >= 4 is 15.5 Å². The monoisotopic (exact) mass is 257 g/mol. The number of nitrogens with two attached hydrogens (primary N) is 1. The van der Waals surface area contributed by atoms with Crippen molar-refractivity contribution in [2.75, 3.05) is 25.2 Å². The van der Waals surface area contributed by atoms with Gasteiger partial charge in [-0.3, -0.25) is 0 Å². The Labute approximate surface area is 103 Å². The number of anilines is 1. The van der Waals surface area contributed by atoms with Crippen LogP contribution in [-0.2, 0) is 14.6 Å². The van der Waals surface area contributed by atoms with E-state index in [1.165, 1.54) is 0 Å². The van der Waals surface area contributed by atoms with Crippen molar-refractivity contribution in [2.24, 2.45) is 0 Å². The predicted molar refractivity (Wildman–Crippen MR) is 68.8 cm³/mol. The lowest BCUT2D eigenvalue weighted by atomic mass is 10.2. The summed E-state index contributed by atoms with van der Waals surface area (Å²) in [5, 5.41) is 0. The molecule has 0 aromatic heterocycles. The molecule has 0 bridgehead atoms. The summed E-state index contributed by atoms with van der Waals surface area (Å²) in [6.07, 6.45) is 1.36. The molecule has 0 atom stereocenters. The Morgan fingerprint density at radius 2 is 2.00 bits per heavy atom.